The maximum absolute atomic E-state index is 6.42. The third kappa shape index (κ3) is 2.02. The number of fused-ring (bicyclic) bond motifs is 3. The van der Waals surface area contributed by atoms with Gasteiger partial charge in [-0.25, -0.2) is 0 Å². The summed E-state index contributed by atoms with van der Waals surface area (Å²) < 4.78 is 8.03. The van der Waals surface area contributed by atoms with Crippen molar-refractivity contribution >= 4 is 16.7 Å². The molecule has 1 aromatic carbocycles. The van der Waals surface area contributed by atoms with Crippen molar-refractivity contribution < 1.29 is 4.52 Å². The van der Waals surface area contributed by atoms with E-state index in [9.17, 15) is 0 Å². The van der Waals surface area contributed by atoms with Crippen LogP contribution in [0, 0.1) is 26.7 Å². The molecule has 2 bridgehead atoms. The van der Waals surface area contributed by atoms with Crippen LogP contribution >= 0.6 is 0 Å². The second kappa shape index (κ2) is 5.11. The first kappa shape index (κ1) is 15.0. The molecule has 2 aromatic heterocycles. The highest BCUT2D eigenvalue weighted by molar-refractivity contribution is 5.95. The van der Waals surface area contributed by atoms with Crippen molar-refractivity contribution in [3.8, 4) is 5.82 Å². The van der Waals surface area contributed by atoms with Crippen molar-refractivity contribution in [2.24, 2.45) is 11.7 Å². The van der Waals surface area contributed by atoms with E-state index in [1.807, 2.05) is 0 Å². The number of rotatable bonds is 2. The van der Waals surface area contributed by atoms with E-state index in [4.69, 9.17) is 10.3 Å². The zero-order valence-electron chi connectivity index (χ0n) is 15.0. The standard InChI is InChI=1S/C20H24N4O/c1-11-8-15-19(25-22-20(15)24-12(2)4-5-13(24)3)17(9-11)23-10-14-6-7-16(23)18(14)21/h4-5,8-9,14,16,18H,6-7,10,21H2,1-3H3. The van der Waals surface area contributed by atoms with Gasteiger partial charge in [0.1, 0.15) is 0 Å². The Morgan fingerprint density at radius 1 is 1.12 bits per heavy atom. The zero-order valence-corrected chi connectivity index (χ0v) is 15.0. The van der Waals surface area contributed by atoms with Gasteiger partial charge in [-0.1, -0.05) is 5.16 Å². The molecule has 3 heterocycles. The summed E-state index contributed by atoms with van der Waals surface area (Å²) in [5, 5.41) is 5.52. The average Bonchev–Trinajstić information content (AvgIpc) is 3.32. The van der Waals surface area contributed by atoms with E-state index in [0.717, 1.165) is 40.4 Å². The van der Waals surface area contributed by atoms with Gasteiger partial charge in [0.25, 0.3) is 0 Å². The van der Waals surface area contributed by atoms with Crippen molar-refractivity contribution in [2.45, 2.75) is 45.7 Å². The number of piperidine rings is 1. The highest BCUT2D eigenvalue weighted by atomic mass is 16.5. The van der Waals surface area contributed by atoms with Crippen molar-refractivity contribution in [3.63, 3.8) is 0 Å². The van der Waals surface area contributed by atoms with Gasteiger partial charge in [0.2, 0.25) is 0 Å². The Balaban J connectivity index is 1.70. The van der Waals surface area contributed by atoms with E-state index in [2.05, 4.69) is 59.7 Å². The van der Waals surface area contributed by atoms with Gasteiger partial charge in [0.05, 0.1) is 11.1 Å². The Hall–Kier alpha value is -2.27. The van der Waals surface area contributed by atoms with E-state index in [-0.39, 0.29) is 6.04 Å². The summed E-state index contributed by atoms with van der Waals surface area (Å²) in [5.41, 5.74) is 12.0. The predicted molar refractivity (Wildman–Crippen MR) is 99.4 cm³/mol. The quantitative estimate of drug-likeness (QED) is 0.778. The van der Waals surface area contributed by atoms with Crippen molar-refractivity contribution in [3.05, 3.63) is 41.2 Å². The number of hydrogen-bond donors (Lipinski definition) is 1. The summed E-state index contributed by atoms with van der Waals surface area (Å²) in [7, 11) is 0. The van der Waals surface area contributed by atoms with E-state index >= 15 is 0 Å². The average molecular weight is 336 g/mol. The summed E-state index contributed by atoms with van der Waals surface area (Å²) in [4.78, 5) is 2.46. The molecule has 130 valence electrons. The van der Waals surface area contributed by atoms with E-state index in [1.165, 1.54) is 18.4 Å². The minimum Gasteiger partial charge on any atom is -0.364 e. The minimum atomic E-state index is 0.284. The maximum atomic E-state index is 6.42. The lowest BCUT2D eigenvalue weighted by molar-refractivity contribution is 0.449. The molecule has 3 unspecified atom stereocenters. The second-order valence-electron chi connectivity index (χ2n) is 7.75. The smallest absolute Gasteiger partial charge is 0.192 e. The third-order valence-electron chi connectivity index (χ3n) is 6.12. The number of aromatic nitrogens is 2. The van der Waals surface area contributed by atoms with Gasteiger partial charge in [-0.05, 0) is 69.4 Å². The molecule has 5 nitrogen and oxygen atoms in total. The minimum absolute atomic E-state index is 0.284. The molecule has 25 heavy (non-hydrogen) atoms. The molecule has 2 aliphatic rings. The summed E-state index contributed by atoms with van der Waals surface area (Å²) >= 11 is 0. The van der Waals surface area contributed by atoms with Crippen LogP contribution in [0.3, 0.4) is 0 Å². The molecule has 1 saturated carbocycles. The van der Waals surface area contributed by atoms with Crippen LogP contribution in [-0.2, 0) is 0 Å². The molecule has 1 aliphatic heterocycles. The van der Waals surface area contributed by atoms with Crippen LogP contribution in [0.25, 0.3) is 16.8 Å². The molecule has 2 N–H and O–H groups in total. The summed E-state index contributed by atoms with van der Waals surface area (Å²) in [6.07, 6.45) is 2.43. The fourth-order valence-electron chi connectivity index (χ4n) is 4.86. The van der Waals surface area contributed by atoms with Crippen LogP contribution in [0.5, 0.6) is 0 Å². The van der Waals surface area contributed by atoms with Gasteiger partial charge in [-0.15, -0.1) is 0 Å². The third-order valence-corrected chi connectivity index (χ3v) is 6.12. The molecule has 2 fully saturated rings. The van der Waals surface area contributed by atoms with Gasteiger partial charge in [-0.2, -0.15) is 0 Å². The SMILES string of the molecule is Cc1cc(N2CC3CCC2C3N)c2onc(-n3c(C)ccc3C)c2c1. The summed E-state index contributed by atoms with van der Waals surface area (Å²) in [6, 6.07) is 9.35. The summed E-state index contributed by atoms with van der Waals surface area (Å²) in [6.45, 7) is 7.37. The Morgan fingerprint density at radius 2 is 1.88 bits per heavy atom. The molecule has 0 amide bonds. The monoisotopic (exact) mass is 336 g/mol. The molecule has 1 aliphatic carbocycles. The number of hydrogen-bond acceptors (Lipinski definition) is 4. The predicted octanol–water partition coefficient (Wildman–Crippen LogP) is 3.47. The van der Waals surface area contributed by atoms with Gasteiger partial charge in [0.15, 0.2) is 11.4 Å². The molecule has 5 rings (SSSR count). The first-order valence-corrected chi connectivity index (χ1v) is 9.12. The van der Waals surface area contributed by atoms with Crippen LogP contribution in [-0.4, -0.2) is 28.4 Å². The molecule has 3 atom stereocenters. The Labute approximate surface area is 147 Å². The largest absolute Gasteiger partial charge is 0.364 e. The fraction of sp³-hybridized carbons (Fsp3) is 0.450. The molecule has 0 spiro atoms. The molecular weight excluding hydrogens is 312 g/mol. The normalized spacial score (nSPS) is 25.4. The Morgan fingerprint density at radius 3 is 2.52 bits per heavy atom. The van der Waals surface area contributed by atoms with Gasteiger partial charge in [0, 0.05) is 30.0 Å². The first-order valence-electron chi connectivity index (χ1n) is 9.12. The summed E-state index contributed by atoms with van der Waals surface area (Å²) in [5.74, 6) is 1.49. The Kier molecular flexibility index (Phi) is 3.07. The number of aryl methyl sites for hydroxylation is 3. The van der Waals surface area contributed by atoms with Crippen molar-refractivity contribution in [2.75, 3.05) is 11.4 Å². The molecular formula is C20H24N4O. The molecule has 5 heteroatoms. The van der Waals surface area contributed by atoms with Crippen molar-refractivity contribution in [1.29, 1.82) is 0 Å². The van der Waals surface area contributed by atoms with E-state index in [0.29, 0.717) is 12.0 Å². The second-order valence-corrected chi connectivity index (χ2v) is 7.75. The number of nitrogens with zero attached hydrogens (tertiary/aromatic N) is 3. The molecule has 0 radical (unpaired) electrons. The lowest BCUT2D eigenvalue weighted by Gasteiger charge is -2.29. The fourth-order valence-corrected chi connectivity index (χ4v) is 4.86. The van der Waals surface area contributed by atoms with Crippen LogP contribution in [0.4, 0.5) is 5.69 Å². The topological polar surface area (TPSA) is 60.2 Å². The van der Waals surface area contributed by atoms with Crippen molar-refractivity contribution in [1.82, 2.24) is 9.72 Å². The highest BCUT2D eigenvalue weighted by Gasteiger charge is 2.45. The zero-order chi connectivity index (χ0) is 17.3. The number of benzene rings is 1. The van der Waals surface area contributed by atoms with Gasteiger partial charge < -0.3 is 15.2 Å². The lowest BCUT2D eigenvalue weighted by atomic mass is 10.1. The van der Waals surface area contributed by atoms with Crippen LogP contribution in [0.15, 0.2) is 28.8 Å². The lowest BCUT2D eigenvalue weighted by Crippen LogP contribution is -2.37. The maximum Gasteiger partial charge on any atom is 0.192 e. The van der Waals surface area contributed by atoms with E-state index < -0.39 is 0 Å². The van der Waals surface area contributed by atoms with Gasteiger partial charge >= 0.3 is 0 Å². The van der Waals surface area contributed by atoms with Crippen LogP contribution in [0.1, 0.15) is 29.8 Å². The van der Waals surface area contributed by atoms with Crippen LogP contribution in [0.2, 0.25) is 0 Å². The Bertz CT molecular complexity index is 950. The molecule has 1 saturated heterocycles. The molecule has 3 aromatic rings. The van der Waals surface area contributed by atoms with Crippen LogP contribution < -0.4 is 10.6 Å². The van der Waals surface area contributed by atoms with E-state index in [1.54, 1.807) is 0 Å². The number of nitrogens with two attached hydrogens (primary N) is 1. The highest BCUT2D eigenvalue weighted by Crippen LogP contribution is 2.43. The number of anilines is 1. The first-order chi connectivity index (χ1) is 12.0. The van der Waals surface area contributed by atoms with Gasteiger partial charge in [-0.3, -0.25) is 4.57 Å².